The van der Waals surface area contributed by atoms with E-state index < -0.39 is 17.6 Å². The smallest absolute Gasteiger partial charge is 0.416 e. The summed E-state index contributed by atoms with van der Waals surface area (Å²) in [6, 6.07) is 2.53. The number of nitrogens with zero attached hydrogens (tertiary/aromatic N) is 3. The van der Waals surface area contributed by atoms with Crippen LogP contribution in [0.25, 0.3) is 0 Å². The van der Waals surface area contributed by atoms with Crippen LogP contribution in [0.4, 0.5) is 13.2 Å². The fourth-order valence-electron chi connectivity index (χ4n) is 3.04. The zero-order valence-electron chi connectivity index (χ0n) is 17.5. The van der Waals surface area contributed by atoms with Gasteiger partial charge >= 0.3 is 6.18 Å². The van der Waals surface area contributed by atoms with E-state index in [0.29, 0.717) is 24.4 Å². The Hall–Kier alpha value is -2.69. The maximum atomic E-state index is 13.1. The van der Waals surface area contributed by atoms with Gasteiger partial charge in [0.15, 0.2) is 0 Å². The summed E-state index contributed by atoms with van der Waals surface area (Å²) in [7, 11) is 1.27. The maximum Gasteiger partial charge on any atom is 0.416 e. The second-order valence-corrected chi connectivity index (χ2v) is 9.21. The van der Waals surface area contributed by atoms with Crippen LogP contribution in [0.5, 0.6) is 5.75 Å². The van der Waals surface area contributed by atoms with Crippen LogP contribution in [0, 0.1) is 0 Å². The maximum absolute atomic E-state index is 13.1. The molecule has 1 atom stereocenters. The topological polar surface area (TPSA) is 85.6 Å². The molecule has 1 aromatic heterocycles. The third kappa shape index (κ3) is 5.33. The summed E-state index contributed by atoms with van der Waals surface area (Å²) < 4.78 is 46.0. The summed E-state index contributed by atoms with van der Waals surface area (Å²) in [6.45, 7) is 6.17. The van der Waals surface area contributed by atoms with Crippen LogP contribution < -0.4 is 14.9 Å². The Balaban J connectivity index is 2.04. The number of rotatable bonds is 4. The molecule has 1 aliphatic heterocycles. The molecule has 0 bridgehead atoms. The number of carbonyl (C=O) groups is 2. The van der Waals surface area contributed by atoms with Gasteiger partial charge in [0.2, 0.25) is 10.7 Å². The molecule has 2 heterocycles. The molecule has 0 saturated carbocycles. The van der Waals surface area contributed by atoms with E-state index in [1.54, 1.807) is 0 Å². The summed E-state index contributed by atoms with van der Waals surface area (Å²) in [5.74, 6) is -0.923. The van der Waals surface area contributed by atoms with Gasteiger partial charge in [-0.2, -0.15) is 23.3 Å². The van der Waals surface area contributed by atoms with Crippen molar-refractivity contribution in [1.82, 2.24) is 15.1 Å². The molecule has 0 radical (unpaired) electrons. The van der Waals surface area contributed by atoms with Crippen molar-refractivity contribution in [3.8, 4) is 5.75 Å². The van der Waals surface area contributed by atoms with Crippen molar-refractivity contribution in [1.29, 1.82) is 0 Å². The van der Waals surface area contributed by atoms with Gasteiger partial charge in [0, 0.05) is 17.9 Å². The first-order valence-electron chi connectivity index (χ1n) is 9.60. The van der Waals surface area contributed by atoms with Gasteiger partial charge in [-0.15, -0.1) is 0 Å². The number of halogens is 3. The molecule has 0 unspecified atom stereocenters. The van der Waals surface area contributed by atoms with Gasteiger partial charge < -0.3 is 10.1 Å². The minimum atomic E-state index is -4.61. The van der Waals surface area contributed by atoms with Crippen molar-refractivity contribution < 1.29 is 27.5 Å². The predicted octanol–water partition coefficient (Wildman–Crippen LogP) is 3.29. The molecule has 3 rings (SSSR count). The van der Waals surface area contributed by atoms with Crippen LogP contribution in [0.2, 0.25) is 0 Å². The Labute approximate surface area is 180 Å². The molecule has 1 N–H and O–H groups in total. The largest absolute Gasteiger partial charge is 0.496 e. The molecule has 2 aromatic rings. The highest BCUT2D eigenvalue weighted by atomic mass is 32.1. The molecule has 1 aliphatic rings. The predicted molar refractivity (Wildman–Crippen MR) is 108 cm³/mol. The van der Waals surface area contributed by atoms with Crippen molar-refractivity contribution in [2.75, 3.05) is 7.11 Å². The molecular weight excluding hydrogens is 433 g/mol. The highest BCUT2D eigenvalue weighted by molar-refractivity contribution is 7.09. The standard InChI is InChI=1S/C20H23F3N4O3S/c1-19(2,3)17-26-27(10-12-6-8-15(28)24-12)18(31-17)25-16(29)13-9-11(20(21,22)23)5-7-14(13)30-4/h5,7,9,12H,6,8,10H2,1-4H3,(H,24,28)/b25-18-/t12-/m0/s1. The first kappa shape index (κ1) is 23.0. The molecule has 1 aromatic carbocycles. The summed E-state index contributed by atoms with van der Waals surface area (Å²) in [5, 5.41) is 8.09. The molecule has 11 heteroatoms. The number of nitrogens with one attached hydrogen (secondary N) is 1. The Morgan fingerprint density at radius 3 is 2.61 bits per heavy atom. The third-order valence-electron chi connectivity index (χ3n) is 4.69. The first-order valence-corrected chi connectivity index (χ1v) is 10.4. The van der Waals surface area contributed by atoms with E-state index in [9.17, 15) is 22.8 Å². The number of ether oxygens (including phenoxy) is 1. The van der Waals surface area contributed by atoms with Gasteiger partial charge in [-0.3, -0.25) is 9.59 Å². The molecule has 1 saturated heterocycles. The minimum Gasteiger partial charge on any atom is -0.496 e. The molecule has 0 spiro atoms. The van der Waals surface area contributed by atoms with E-state index in [-0.39, 0.29) is 33.5 Å². The van der Waals surface area contributed by atoms with E-state index in [4.69, 9.17) is 4.74 Å². The monoisotopic (exact) mass is 456 g/mol. The van der Waals surface area contributed by atoms with Gasteiger partial charge in [-0.25, -0.2) is 4.68 Å². The average molecular weight is 456 g/mol. The van der Waals surface area contributed by atoms with Gasteiger partial charge in [0.05, 0.1) is 24.8 Å². The van der Waals surface area contributed by atoms with Crippen LogP contribution in [-0.2, 0) is 22.9 Å². The highest BCUT2D eigenvalue weighted by Crippen LogP contribution is 2.33. The van der Waals surface area contributed by atoms with Gasteiger partial charge in [-0.1, -0.05) is 32.1 Å². The quantitative estimate of drug-likeness (QED) is 0.765. The summed E-state index contributed by atoms with van der Waals surface area (Å²) in [5.41, 5.74) is -1.58. The normalized spacial score (nSPS) is 17.7. The molecule has 1 fully saturated rings. The van der Waals surface area contributed by atoms with Crippen LogP contribution in [0.15, 0.2) is 23.2 Å². The lowest BCUT2D eigenvalue weighted by Crippen LogP contribution is -2.33. The first-order chi connectivity index (χ1) is 14.4. The van der Waals surface area contributed by atoms with Crippen LogP contribution >= 0.6 is 11.3 Å². The Morgan fingerprint density at radius 2 is 2.06 bits per heavy atom. The number of hydrogen-bond acceptors (Lipinski definition) is 5. The number of methoxy groups -OCH3 is 1. The minimum absolute atomic E-state index is 0.00286. The Morgan fingerprint density at radius 1 is 1.35 bits per heavy atom. The number of amides is 2. The van der Waals surface area contributed by atoms with E-state index in [2.05, 4.69) is 15.4 Å². The summed E-state index contributed by atoms with van der Waals surface area (Å²) in [4.78, 5) is 28.7. The van der Waals surface area contributed by atoms with Crippen molar-refractivity contribution in [2.24, 2.45) is 4.99 Å². The number of benzene rings is 1. The molecule has 2 amide bonds. The number of hydrogen-bond donors (Lipinski definition) is 1. The van der Waals surface area contributed by atoms with Gasteiger partial charge in [0.25, 0.3) is 5.91 Å². The Kier molecular flexibility index (Phi) is 6.26. The molecule has 7 nitrogen and oxygen atoms in total. The second-order valence-electron chi connectivity index (χ2n) is 8.25. The van der Waals surface area contributed by atoms with Crippen LogP contribution in [-0.4, -0.2) is 34.7 Å². The highest BCUT2D eigenvalue weighted by Gasteiger charge is 2.32. The van der Waals surface area contributed by atoms with Crippen molar-refractivity contribution in [2.45, 2.75) is 57.8 Å². The van der Waals surface area contributed by atoms with Crippen LogP contribution in [0.3, 0.4) is 0 Å². The van der Waals surface area contributed by atoms with Gasteiger partial charge in [0.1, 0.15) is 10.8 Å². The number of carbonyl (C=O) groups excluding carboxylic acids is 2. The fourth-order valence-corrected chi connectivity index (χ4v) is 4.00. The third-order valence-corrected chi connectivity index (χ3v) is 6.07. The average Bonchev–Trinajstić information content (AvgIpc) is 3.26. The lowest BCUT2D eigenvalue weighted by Gasteiger charge is -2.13. The van der Waals surface area contributed by atoms with E-state index >= 15 is 0 Å². The zero-order valence-corrected chi connectivity index (χ0v) is 18.4. The Bertz CT molecular complexity index is 1070. The zero-order chi connectivity index (χ0) is 23.0. The fraction of sp³-hybridized carbons (Fsp3) is 0.500. The van der Waals surface area contributed by atoms with E-state index in [0.717, 1.165) is 18.2 Å². The summed E-state index contributed by atoms with van der Waals surface area (Å²) in [6.07, 6.45) is -3.57. The lowest BCUT2D eigenvalue weighted by atomic mass is 9.98. The van der Waals surface area contributed by atoms with Crippen LogP contribution in [0.1, 0.15) is 54.5 Å². The van der Waals surface area contributed by atoms with Gasteiger partial charge in [-0.05, 0) is 24.6 Å². The molecular formula is C20H23F3N4O3S. The molecule has 168 valence electrons. The van der Waals surface area contributed by atoms with Crippen molar-refractivity contribution >= 4 is 23.2 Å². The molecule has 31 heavy (non-hydrogen) atoms. The number of alkyl halides is 3. The second kappa shape index (κ2) is 8.45. The number of aromatic nitrogens is 2. The van der Waals surface area contributed by atoms with E-state index in [1.165, 1.54) is 23.1 Å². The molecule has 0 aliphatic carbocycles. The summed E-state index contributed by atoms with van der Waals surface area (Å²) >= 11 is 1.19. The SMILES string of the molecule is COc1ccc(C(F)(F)F)cc1C(=O)/N=c1\sc(C(C)(C)C)nn1C[C@@H]1CCC(=O)N1. The van der Waals surface area contributed by atoms with Crippen molar-refractivity contribution in [3.63, 3.8) is 0 Å². The van der Waals surface area contributed by atoms with E-state index in [1.807, 2.05) is 20.8 Å². The van der Waals surface area contributed by atoms with Crippen molar-refractivity contribution in [3.05, 3.63) is 39.1 Å². The lowest BCUT2D eigenvalue weighted by molar-refractivity contribution is -0.137.